The molecule has 0 amide bonds. The number of nitrogens with zero attached hydrogens (tertiary/aromatic N) is 3. The van der Waals surface area contributed by atoms with Gasteiger partial charge in [-0.3, -0.25) is 9.89 Å². The van der Waals surface area contributed by atoms with Crippen LogP contribution in [0, 0.1) is 5.92 Å². The first-order chi connectivity index (χ1) is 12.7. The maximum absolute atomic E-state index is 6.26. The Morgan fingerprint density at radius 3 is 2.65 bits per heavy atom. The summed E-state index contributed by atoms with van der Waals surface area (Å²) in [7, 11) is 1.88. The van der Waals surface area contributed by atoms with E-state index in [1.807, 2.05) is 19.2 Å². The molecule has 6 heteroatoms. The van der Waals surface area contributed by atoms with E-state index in [1.165, 1.54) is 18.4 Å². The first-order valence-electron chi connectivity index (χ1n) is 9.70. The predicted octanol–water partition coefficient (Wildman–Crippen LogP) is 3.02. The minimum Gasteiger partial charge on any atom is -0.379 e. The molecule has 2 fully saturated rings. The van der Waals surface area contributed by atoms with Crippen LogP contribution in [0.25, 0.3) is 0 Å². The highest BCUT2D eigenvalue weighted by Gasteiger charge is 2.25. The predicted molar refractivity (Wildman–Crippen MR) is 108 cm³/mol. The third-order valence-electron chi connectivity index (χ3n) is 5.47. The number of aliphatic imine (C=N–C) groups is 1. The number of likely N-dealkylation sites (tertiary alicyclic amines) is 1. The molecule has 3 rings (SSSR count). The van der Waals surface area contributed by atoms with Crippen LogP contribution in [0.4, 0.5) is 0 Å². The average molecular weight is 379 g/mol. The van der Waals surface area contributed by atoms with Gasteiger partial charge in [0.2, 0.25) is 0 Å². The largest absolute Gasteiger partial charge is 0.379 e. The van der Waals surface area contributed by atoms with Gasteiger partial charge in [-0.2, -0.15) is 0 Å². The molecule has 1 aromatic carbocycles. The Hall–Kier alpha value is -1.30. The van der Waals surface area contributed by atoms with Crippen molar-refractivity contribution in [3.05, 3.63) is 34.9 Å². The van der Waals surface area contributed by atoms with Gasteiger partial charge in [0.1, 0.15) is 0 Å². The number of hydrogen-bond donors (Lipinski definition) is 1. The van der Waals surface area contributed by atoms with Crippen LogP contribution >= 0.6 is 11.6 Å². The molecule has 1 aromatic rings. The van der Waals surface area contributed by atoms with Crippen LogP contribution in [-0.2, 0) is 4.74 Å². The molecule has 0 saturated carbocycles. The van der Waals surface area contributed by atoms with Crippen molar-refractivity contribution in [1.82, 2.24) is 15.1 Å². The number of benzene rings is 1. The molecule has 1 N–H and O–H groups in total. The summed E-state index contributed by atoms with van der Waals surface area (Å²) in [5, 5.41) is 4.41. The second kappa shape index (κ2) is 9.58. The number of piperidine rings is 1. The molecular formula is C20H31ClN4O. The highest BCUT2D eigenvalue weighted by Crippen LogP contribution is 2.24. The van der Waals surface area contributed by atoms with Crippen molar-refractivity contribution < 1.29 is 4.74 Å². The zero-order chi connectivity index (χ0) is 18.4. The van der Waals surface area contributed by atoms with Crippen LogP contribution in [0.5, 0.6) is 0 Å². The molecule has 0 aromatic heterocycles. The summed E-state index contributed by atoms with van der Waals surface area (Å²) < 4.78 is 5.54. The van der Waals surface area contributed by atoms with Gasteiger partial charge in [-0.25, -0.2) is 0 Å². The SMILES string of the molecule is CN=C(NCC(c1cccc(Cl)c1)N1CCOCC1)N1CCC(C)CC1. The fourth-order valence-electron chi connectivity index (χ4n) is 3.80. The Morgan fingerprint density at radius 2 is 2.00 bits per heavy atom. The van der Waals surface area contributed by atoms with Crippen LogP contribution in [0.3, 0.4) is 0 Å². The molecule has 26 heavy (non-hydrogen) atoms. The number of guanidine groups is 1. The quantitative estimate of drug-likeness (QED) is 0.645. The van der Waals surface area contributed by atoms with Gasteiger partial charge in [0.25, 0.3) is 0 Å². The van der Waals surface area contributed by atoms with Crippen LogP contribution in [0.2, 0.25) is 5.02 Å². The van der Waals surface area contributed by atoms with Gasteiger partial charge in [-0.05, 0) is 36.5 Å². The highest BCUT2D eigenvalue weighted by molar-refractivity contribution is 6.30. The molecule has 2 aliphatic heterocycles. The molecule has 2 saturated heterocycles. The van der Waals surface area contributed by atoms with E-state index >= 15 is 0 Å². The summed E-state index contributed by atoms with van der Waals surface area (Å²) >= 11 is 6.26. The van der Waals surface area contributed by atoms with Crippen molar-refractivity contribution in [3.63, 3.8) is 0 Å². The topological polar surface area (TPSA) is 40.1 Å². The minimum atomic E-state index is 0.262. The maximum atomic E-state index is 6.26. The fourth-order valence-corrected chi connectivity index (χ4v) is 4.00. The molecule has 144 valence electrons. The first-order valence-corrected chi connectivity index (χ1v) is 10.1. The molecule has 0 aliphatic carbocycles. The van der Waals surface area contributed by atoms with Crippen molar-refractivity contribution in [2.24, 2.45) is 10.9 Å². The first kappa shape index (κ1) is 19.5. The van der Waals surface area contributed by atoms with E-state index in [1.54, 1.807) is 0 Å². The molecule has 2 aliphatic rings. The van der Waals surface area contributed by atoms with Crippen LogP contribution in [0.1, 0.15) is 31.4 Å². The minimum absolute atomic E-state index is 0.262. The van der Waals surface area contributed by atoms with Gasteiger partial charge in [0.15, 0.2) is 5.96 Å². The zero-order valence-electron chi connectivity index (χ0n) is 16.0. The lowest BCUT2D eigenvalue weighted by molar-refractivity contribution is 0.0168. The second-order valence-electron chi connectivity index (χ2n) is 7.32. The molecule has 2 heterocycles. The van der Waals surface area contributed by atoms with Crippen LogP contribution in [0.15, 0.2) is 29.3 Å². The summed E-state index contributed by atoms with van der Waals surface area (Å²) in [6, 6.07) is 8.47. The summed E-state index contributed by atoms with van der Waals surface area (Å²) in [6.07, 6.45) is 2.48. The molecule has 1 atom stereocenters. The number of rotatable bonds is 4. The Labute approximate surface area is 162 Å². The van der Waals surface area contributed by atoms with Crippen molar-refractivity contribution in [3.8, 4) is 0 Å². The van der Waals surface area contributed by atoms with Crippen molar-refractivity contribution in [1.29, 1.82) is 0 Å². The Morgan fingerprint density at radius 1 is 1.27 bits per heavy atom. The van der Waals surface area contributed by atoms with E-state index in [0.717, 1.165) is 62.8 Å². The van der Waals surface area contributed by atoms with E-state index in [9.17, 15) is 0 Å². The Balaban J connectivity index is 1.68. The third kappa shape index (κ3) is 5.12. The lowest BCUT2D eigenvalue weighted by atomic mass is 9.99. The van der Waals surface area contributed by atoms with Crippen molar-refractivity contribution in [2.45, 2.75) is 25.8 Å². The van der Waals surface area contributed by atoms with Gasteiger partial charge < -0.3 is 15.0 Å². The van der Waals surface area contributed by atoms with E-state index in [0.29, 0.717) is 0 Å². The lowest BCUT2D eigenvalue weighted by Gasteiger charge is -2.37. The van der Waals surface area contributed by atoms with E-state index in [2.05, 4.69) is 39.2 Å². The lowest BCUT2D eigenvalue weighted by Crippen LogP contribution is -2.49. The summed E-state index contributed by atoms with van der Waals surface area (Å²) in [6.45, 7) is 8.78. The smallest absolute Gasteiger partial charge is 0.193 e. The third-order valence-corrected chi connectivity index (χ3v) is 5.70. The highest BCUT2D eigenvalue weighted by atomic mass is 35.5. The maximum Gasteiger partial charge on any atom is 0.193 e. The monoisotopic (exact) mass is 378 g/mol. The summed E-state index contributed by atoms with van der Waals surface area (Å²) in [5.41, 5.74) is 1.25. The van der Waals surface area contributed by atoms with E-state index in [-0.39, 0.29) is 6.04 Å². The van der Waals surface area contributed by atoms with Gasteiger partial charge >= 0.3 is 0 Å². The molecular weight excluding hydrogens is 348 g/mol. The zero-order valence-corrected chi connectivity index (χ0v) is 16.7. The van der Waals surface area contributed by atoms with Crippen LogP contribution < -0.4 is 5.32 Å². The number of halogens is 1. The summed E-state index contributed by atoms with van der Waals surface area (Å²) in [4.78, 5) is 9.39. The molecule has 0 bridgehead atoms. The van der Waals surface area contributed by atoms with E-state index in [4.69, 9.17) is 16.3 Å². The molecule has 0 radical (unpaired) electrons. The molecule has 1 unspecified atom stereocenters. The van der Waals surface area contributed by atoms with Gasteiger partial charge in [-0.15, -0.1) is 0 Å². The molecule has 0 spiro atoms. The number of hydrogen-bond acceptors (Lipinski definition) is 3. The number of ether oxygens (including phenoxy) is 1. The summed E-state index contributed by atoms with van der Waals surface area (Å²) in [5.74, 6) is 1.83. The van der Waals surface area contributed by atoms with Gasteiger partial charge in [0, 0.05) is 44.8 Å². The van der Waals surface area contributed by atoms with E-state index < -0.39 is 0 Å². The standard InChI is InChI=1S/C20H31ClN4O/c1-16-6-8-25(9-7-16)20(22-2)23-15-19(24-10-12-26-13-11-24)17-4-3-5-18(21)14-17/h3-5,14,16,19H,6-13,15H2,1-2H3,(H,22,23). The Bertz CT molecular complexity index is 595. The normalized spacial score (nSPS) is 21.7. The van der Waals surface area contributed by atoms with Crippen molar-refractivity contribution in [2.75, 3.05) is 53.0 Å². The van der Waals surface area contributed by atoms with Crippen molar-refractivity contribution >= 4 is 17.6 Å². The Kier molecular flexibility index (Phi) is 7.17. The van der Waals surface area contributed by atoms with Gasteiger partial charge in [-0.1, -0.05) is 30.7 Å². The van der Waals surface area contributed by atoms with Crippen LogP contribution in [-0.4, -0.2) is 68.7 Å². The van der Waals surface area contributed by atoms with Gasteiger partial charge in [0.05, 0.1) is 19.3 Å². The number of nitrogens with one attached hydrogen (secondary N) is 1. The average Bonchev–Trinajstić information content (AvgIpc) is 2.67. The number of morpholine rings is 1. The second-order valence-corrected chi connectivity index (χ2v) is 7.75. The molecule has 5 nitrogen and oxygen atoms in total. The fraction of sp³-hybridized carbons (Fsp3) is 0.650.